The van der Waals surface area contributed by atoms with Crippen LogP contribution in [-0.4, -0.2) is 19.0 Å². The van der Waals surface area contributed by atoms with Gasteiger partial charge in [-0.05, 0) is 45.1 Å². The number of rotatable bonds is 4. The number of hydrogen-bond donors (Lipinski definition) is 0. The standard InChI is InChI=1S/C14H16FN3/c1-11(9-16)8-14(10-17,18(2)3)12-4-6-13(15)7-5-12/h4-7,11H,8H2,1-3H3. The van der Waals surface area contributed by atoms with Gasteiger partial charge in [0.15, 0.2) is 0 Å². The SMILES string of the molecule is CC(C#N)CC(C#N)(c1ccc(F)cc1)N(C)C. The van der Waals surface area contributed by atoms with Crippen molar-refractivity contribution in [2.75, 3.05) is 14.1 Å². The molecule has 2 unspecified atom stereocenters. The van der Waals surface area contributed by atoms with Gasteiger partial charge in [-0.25, -0.2) is 4.39 Å². The van der Waals surface area contributed by atoms with Crippen LogP contribution in [0.25, 0.3) is 0 Å². The smallest absolute Gasteiger partial charge is 0.135 e. The van der Waals surface area contributed by atoms with Crippen molar-refractivity contribution in [2.45, 2.75) is 18.9 Å². The Balaban J connectivity index is 3.25. The van der Waals surface area contributed by atoms with Gasteiger partial charge >= 0.3 is 0 Å². The molecule has 0 N–H and O–H groups in total. The molecule has 0 aliphatic heterocycles. The fourth-order valence-electron chi connectivity index (χ4n) is 1.98. The first kappa shape index (κ1) is 14.2. The molecule has 0 heterocycles. The zero-order valence-electron chi connectivity index (χ0n) is 10.8. The van der Waals surface area contributed by atoms with E-state index in [2.05, 4.69) is 12.1 Å². The van der Waals surface area contributed by atoms with Crippen molar-refractivity contribution in [2.24, 2.45) is 5.92 Å². The second-order valence-corrected chi connectivity index (χ2v) is 4.61. The first-order valence-corrected chi connectivity index (χ1v) is 5.70. The fourth-order valence-corrected chi connectivity index (χ4v) is 1.98. The van der Waals surface area contributed by atoms with E-state index in [4.69, 9.17) is 5.26 Å². The Hall–Kier alpha value is -1.91. The van der Waals surface area contributed by atoms with Crippen molar-refractivity contribution < 1.29 is 4.39 Å². The lowest BCUT2D eigenvalue weighted by Crippen LogP contribution is -2.41. The van der Waals surface area contributed by atoms with Gasteiger partial charge in [-0.2, -0.15) is 10.5 Å². The quantitative estimate of drug-likeness (QED) is 0.819. The van der Waals surface area contributed by atoms with E-state index in [1.54, 1.807) is 38.1 Å². The molecule has 0 amide bonds. The maximum absolute atomic E-state index is 13.0. The number of nitriles is 2. The molecule has 0 radical (unpaired) electrons. The van der Waals surface area contributed by atoms with Gasteiger partial charge in [0.1, 0.15) is 11.4 Å². The Morgan fingerprint density at radius 1 is 1.28 bits per heavy atom. The highest BCUT2D eigenvalue weighted by molar-refractivity contribution is 5.32. The zero-order valence-corrected chi connectivity index (χ0v) is 10.8. The fraction of sp³-hybridized carbons (Fsp3) is 0.429. The molecular weight excluding hydrogens is 229 g/mol. The van der Waals surface area contributed by atoms with Crippen molar-refractivity contribution in [3.05, 3.63) is 35.6 Å². The van der Waals surface area contributed by atoms with Crippen LogP contribution < -0.4 is 0 Å². The number of nitrogens with zero attached hydrogens (tertiary/aromatic N) is 3. The zero-order chi connectivity index (χ0) is 13.8. The predicted molar refractivity (Wildman–Crippen MR) is 66.8 cm³/mol. The van der Waals surface area contributed by atoms with Gasteiger partial charge in [0.05, 0.1) is 12.1 Å². The highest BCUT2D eigenvalue weighted by atomic mass is 19.1. The van der Waals surface area contributed by atoms with Crippen LogP contribution in [-0.2, 0) is 5.54 Å². The first-order valence-electron chi connectivity index (χ1n) is 5.70. The summed E-state index contributed by atoms with van der Waals surface area (Å²) < 4.78 is 13.0. The number of halogens is 1. The van der Waals surface area contributed by atoms with Gasteiger partial charge in [-0.1, -0.05) is 12.1 Å². The highest BCUT2D eigenvalue weighted by Gasteiger charge is 2.36. The molecule has 1 aromatic carbocycles. The average molecular weight is 245 g/mol. The number of benzene rings is 1. The maximum atomic E-state index is 13.0. The summed E-state index contributed by atoms with van der Waals surface area (Å²) in [7, 11) is 3.58. The van der Waals surface area contributed by atoms with Crippen LogP contribution in [0, 0.1) is 34.4 Å². The molecule has 4 heteroatoms. The molecule has 94 valence electrons. The van der Waals surface area contributed by atoms with Crippen LogP contribution in [0.15, 0.2) is 24.3 Å². The summed E-state index contributed by atoms with van der Waals surface area (Å²) in [4.78, 5) is 1.77. The van der Waals surface area contributed by atoms with Gasteiger partial charge in [0.25, 0.3) is 0 Å². The van der Waals surface area contributed by atoms with Crippen molar-refractivity contribution in [1.82, 2.24) is 4.90 Å². The Kier molecular flexibility index (Phi) is 4.42. The van der Waals surface area contributed by atoms with E-state index < -0.39 is 5.54 Å². The van der Waals surface area contributed by atoms with Gasteiger partial charge in [-0.15, -0.1) is 0 Å². The summed E-state index contributed by atoms with van der Waals surface area (Å²) in [5, 5.41) is 18.4. The third-order valence-corrected chi connectivity index (χ3v) is 3.09. The summed E-state index contributed by atoms with van der Waals surface area (Å²) in [5.41, 5.74) is -0.193. The van der Waals surface area contributed by atoms with Gasteiger partial charge in [0, 0.05) is 5.92 Å². The topological polar surface area (TPSA) is 50.8 Å². The minimum Gasteiger partial charge on any atom is -0.288 e. The largest absolute Gasteiger partial charge is 0.288 e. The molecule has 0 aliphatic carbocycles. The van der Waals surface area contributed by atoms with Crippen LogP contribution in [0.2, 0.25) is 0 Å². The summed E-state index contributed by atoms with van der Waals surface area (Å²) in [6.07, 6.45) is 0.388. The average Bonchev–Trinajstić information content (AvgIpc) is 2.36. The molecule has 0 aliphatic rings. The molecule has 0 fully saturated rings. The molecule has 0 saturated carbocycles. The van der Waals surface area contributed by atoms with Crippen LogP contribution >= 0.6 is 0 Å². The van der Waals surface area contributed by atoms with Crippen LogP contribution in [0.5, 0.6) is 0 Å². The van der Waals surface area contributed by atoms with Crippen LogP contribution in [0.4, 0.5) is 4.39 Å². The molecule has 1 aromatic rings. The van der Waals surface area contributed by atoms with E-state index in [-0.39, 0.29) is 11.7 Å². The van der Waals surface area contributed by atoms with E-state index in [0.717, 1.165) is 0 Å². The van der Waals surface area contributed by atoms with E-state index in [1.807, 2.05) is 0 Å². The van der Waals surface area contributed by atoms with Crippen molar-refractivity contribution in [3.63, 3.8) is 0 Å². The molecule has 0 spiro atoms. The van der Waals surface area contributed by atoms with Crippen molar-refractivity contribution in [1.29, 1.82) is 10.5 Å². The second kappa shape index (κ2) is 5.62. The lowest BCUT2D eigenvalue weighted by molar-refractivity contribution is 0.189. The minimum atomic E-state index is -0.900. The molecule has 1 rings (SSSR count). The van der Waals surface area contributed by atoms with Crippen molar-refractivity contribution >= 4 is 0 Å². The van der Waals surface area contributed by atoms with Gasteiger partial charge in [-0.3, -0.25) is 4.90 Å². The predicted octanol–water partition coefficient (Wildman–Crippen LogP) is 2.66. The second-order valence-electron chi connectivity index (χ2n) is 4.61. The maximum Gasteiger partial charge on any atom is 0.135 e. The summed E-state index contributed by atoms with van der Waals surface area (Å²) in [6.45, 7) is 1.78. The first-order chi connectivity index (χ1) is 8.46. The lowest BCUT2D eigenvalue weighted by Gasteiger charge is -2.34. The summed E-state index contributed by atoms with van der Waals surface area (Å²) in [5.74, 6) is -0.588. The van der Waals surface area contributed by atoms with Crippen LogP contribution in [0.1, 0.15) is 18.9 Å². The normalized spacial score (nSPS) is 15.5. The number of hydrogen-bond acceptors (Lipinski definition) is 3. The molecule has 0 aromatic heterocycles. The van der Waals surface area contributed by atoms with Crippen molar-refractivity contribution in [3.8, 4) is 12.1 Å². The van der Waals surface area contributed by atoms with Gasteiger partial charge < -0.3 is 0 Å². The molecular formula is C14H16FN3. The Morgan fingerprint density at radius 2 is 1.83 bits per heavy atom. The Labute approximate surface area is 107 Å². The highest BCUT2D eigenvalue weighted by Crippen LogP contribution is 2.32. The van der Waals surface area contributed by atoms with E-state index >= 15 is 0 Å². The molecule has 18 heavy (non-hydrogen) atoms. The molecule has 0 bridgehead atoms. The Bertz CT molecular complexity index is 481. The van der Waals surface area contributed by atoms with E-state index in [9.17, 15) is 9.65 Å². The monoisotopic (exact) mass is 245 g/mol. The molecule has 3 nitrogen and oxygen atoms in total. The summed E-state index contributed by atoms with van der Waals surface area (Å²) >= 11 is 0. The molecule has 2 atom stereocenters. The van der Waals surface area contributed by atoms with Crippen LogP contribution in [0.3, 0.4) is 0 Å². The van der Waals surface area contributed by atoms with Gasteiger partial charge in [0.2, 0.25) is 0 Å². The van der Waals surface area contributed by atoms with E-state index in [0.29, 0.717) is 12.0 Å². The molecule has 0 saturated heterocycles. The van der Waals surface area contributed by atoms with E-state index in [1.165, 1.54) is 12.1 Å². The third-order valence-electron chi connectivity index (χ3n) is 3.09. The third kappa shape index (κ3) is 2.67. The Morgan fingerprint density at radius 3 is 2.22 bits per heavy atom. The minimum absolute atomic E-state index is 0.253. The summed E-state index contributed by atoms with van der Waals surface area (Å²) in [6, 6.07) is 10.3. The lowest BCUT2D eigenvalue weighted by atomic mass is 9.82.